The van der Waals surface area contributed by atoms with Gasteiger partial charge in [0.2, 0.25) is 29.5 Å². The summed E-state index contributed by atoms with van der Waals surface area (Å²) in [6.07, 6.45) is 7.76. The van der Waals surface area contributed by atoms with Crippen molar-refractivity contribution in [2.45, 2.75) is 120 Å². The van der Waals surface area contributed by atoms with Crippen molar-refractivity contribution < 1.29 is 43.8 Å². The molecule has 0 aromatic heterocycles. The molecule has 14 nitrogen and oxygen atoms in total. The lowest BCUT2D eigenvalue weighted by atomic mass is 9.83. The van der Waals surface area contributed by atoms with Crippen molar-refractivity contribution in [1.29, 1.82) is 0 Å². The van der Waals surface area contributed by atoms with Crippen LogP contribution in [0.5, 0.6) is 0 Å². The smallest absolute Gasteiger partial charge is 0.327 e. The van der Waals surface area contributed by atoms with E-state index in [9.17, 15) is 38.7 Å². The molecule has 0 spiro atoms. The van der Waals surface area contributed by atoms with E-state index in [-0.39, 0.29) is 43.3 Å². The first-order valence-electron chi connectivity index (χ1n) is 15.5. The van der Waals surface area contributed by atoms with Gasteiger partial charge in [-0.05, 0) is 37.5 Å². The Hall–Kier alpha value is -3.36. The second-order valence-electron chi connectivity index (χ2n) is 11.8. The van der Waals surface area contributed by atoms with Crippen molar-refractivity contribution in [3.05, 3.63) is 0 Å². The second-order valence-corrected chi connectivity index (χ2v) is 12.2. The Morgan fingerprint density at radius 2 is 1.23 bits per heavy atom. The Labute approximate surface area is 262 Å². The normalized spacial score (nSPS) is 18.6. The minimum Gasteiger partial charge on any atom is -0.481 e. The number of nitrogens with two attached hydrogens (primary N) is 1. The number of rotatable bonds is 18. The van der Waals surface area contributed by atoms with E-state index in [1.807, 2.05) is 0 Å². The molecule has 2 rings (SSSR count). The van der Waals surface area contributed by atoms with E-state index in [4.69, 9.17) is 10.8 Å². The summed E-state index contributed by atoms with van der Waals surface area (Å²) in [5.41, 5.74) is 5.33. The van der Waals surface area contributed by atoms with E-state index < -0.39 is 72.1 Å². The highest BCUT2D eigenvalue weighted by atomic mass is 32.1. The molecular weight excluding hydrogens is 594 g/mol. The van der Waals surface area contributed by atoms with Gasteiger partial charge in [0.1, 0.15) is 24.2 Å². The lowest BCUT2D eigenvalue weighted by molar-refractivity contribution is -0.142. The van der Waals surface area contributed by atoms with Crippen molar-refractivity contribution in [1.82, 2.24) is 21.3 Å². The largest absolute Gasteiger partial charge is 0.481 e. The molecule has 0 bridgehead atoms. The van der Waals surface area contributed by atoms with Gasteiger partial charge in [0, 0.05) is 18.6 Å². The van der Waals surface area contributed by atoms with E-state index in [2.05, 4.69) is 33.9 Å². The number of carbonyl (C=O) groups excluding carboxylic acids is 5. The van der Waals surface area contributed by atoms with Crippen LogP contribution in [0.25, 0.3) is 0 Å². The van der Waals surface area contributed by atoms with Crippen LogP contribution in [-0.4, -0.2) is 81.6 Å². The maximum absolute atomic E-state index is 13.6. The summed E-state index contributed by atoms with van der Waals surface area (Å²) in [5.74, 6) is -6.16. The molecule has 248 valence electrons. The molecule has 2 aliphatic carbocycles. The monoisotopic (exact) mass is 641 g/mol. The molecule has 0 unspecified atom stereocenters. The Kier molecular flexibility index (Phi) is 16.0. The molecule has 0 saturated heterocycles. The predicted molar refractivity (Wildman–Crippen MR) is 162 cm³/mol. The fraction of sp³-hybridized carbons (Fsp3) is 0.759. The first-order chi connectivity index (χ1) is 20.9. The molecule has 2 saturated carbocycles. The fourth-order valence-electron chi connectivity index (χ4n) is 5.87. The molecule has 8 N–H and O–H groups in total. The minimum absolute atomic E-state index is 0.120. The number of hydrogen-bond acceptors (Lipinski definition) is 8. The van der Waals surface area contributed by atoms with Gasteiger partial charge in [-0.3, -0.25) is 28.8 Å². The summed E-state index contributed by atoms with van der Waals surface area (Å²) in [4.78, 5) is 87.0. The van der Waals surface area contributed by atoms with E-state index >= 15 is 0 Å². The number of carboxylic acid groups (broad SMARTS) is 2. The van der Waals surface area contributed by atoms with Crippen molar-refractivity contribution in [3.63, 3.8) is 0 Å². The number of aliphatic carboxylic acids is 2. The van der Waals surface area contributed by atoms with Gasteiger partial charge < -0.3 is 37.2 Å². The Morgan fingerprint density at radius 1 is 0.682 bits per heavy atom. The number of carboxylic acids is 2. The third-order valence-electron chi connectivity index (χ3n) is 8.32. The zero-order valence-electron chi connectivity index (χ0n) is 25.1. The highest BCUT2D eigenvalue weighted by Crippen LogP contribution is 2.28. The third-order valence-corrected chi connectivity index (χ3v) is 8.69. The minimum atomic E-state index is -1.29. The first kappa shape index (κ1) is 36.8. The molecule has 0 aliphatic heterocycles. The maximum Gasteiger partial charge on any atom is 0.327 e. The van der Waals surface area contributed by atoms with Crippen molar-refractivity contribution in [3.8, 4) is 0 Å². The summed E-state index contributed by atoms with van der Waals surface area (Å²) in [6.45, 7) is 0. The molecule has 15 heteroatoms. The van der Waals surface area contributed by atoms with Crippen molar-refractivity contribution in [2.75, 3.05) is 5.75 Å². The molecule has 0 radical (unpaired) electrons. The summed E-state index contributed by atoms with van der Waals surface area (Å²) in [6, 6.07) is -4.71. The lowest BCUT2D eigenvalue weighted by Gasteiger charge is -2.32. The van der Waals surface area contributed by atoms with E-state index in [0.29, 0.717) is 12.8 Å². The van der Waals surface area contributed by atoms with Gasteiger partial charge in [-0.2, -0.15) is 12.6 Å². The Morgan fingerprint density at radius 3 is 1.77 bits per heavy atom. The zero-order valence-corrected chi connectivity index (χ0v) is 25.9. The lowest BCUT2D eigenvalue weighted by Crippen LogP contribution is -2.59. The van der Waals surface area contributed by atoms with Crippen LogP contribution in [0.15, 0.2) is 0 Å². The average Bonchev–Trinajstić information content (AvgIpc) is 2.99. The number of carbonyl (C=O) groups is 7. The average molecular weight is 642 g/mol. The van der Waals surface area contributed by atoms with Crippen LogP contribution >= 0.6 is 12.6 Å². The van der Waals surface area contributed by atoms with E-state index in [1.165, 1.54) is 0 Å². The fourth-order valence-corrected chi connectivity index (χ4v) is 6.11. The molecule has 0 aromatic rings. The van der Waals surface area contributed by atoms with Crippen molar-refractivity contribution in [2.24, 2.45) is 17.6 Å². The molecular formula is C29H47N5O9S. The van der Waals surface area contributed by atoms with E-state index in [1.54, 1.807) is 0 Å². The summed E-state index contributed by atoms with van der Waals surface area (Å²) < 4.78 is 0. The van der Waals surface area contributed by atoms with Crippen LogP contribution in [0, 0.1) is 11.8 Å². The van der Waals surface area contributed by atoms with Gasteiger partial charge in [-0.25, -0.2) is 4.79 Å². The second kappa shape index (κ2) is 19.1. The van der Waals surface area contributed by atoms with Gasteiger partial charge in [0.05, 0.1) is 6.42 Å². The Balaban J connectivity index is 2.25. The van der Waals surface area contributed by atoms with Gasteiger partial charge in [-0.1, -0.05) is 51.4 Å². The van der Waals surface area contributed by atoms with Gasteiger partial charge >= 0.3 is 11.9 Å². The van der Waals surface area contributed by atoms with Gasteiger partial charge in [0.25, 0.3) is 0 Å². The topological polar surface area (TPSA) is 234 Å². The molecule has 0 heterocycles. The molecule has 44 heavy (non-hydrogen) atoms. The summed E-state index contributed by atoms with van der Waals surface area (Å²) in [5, 5.41) is 28.7. The molecule has 0 aromatic carbocycles. The quantitative estimate of drug-likeness (QED) is 0.0979. The number of thiol groups is 1. The molecule has 5 amide bonds. The highest BCUT2D eigenvalue weighted by Gasteiger charge is 2.35. The maximum atomic E-state index is 13.6. The number of amides is 5. The highest BCUT2D eigenvalue weighted by molar-refractivity contribution is 7.80. The standard InChI is InChI=1S/C29H47N5O9S/c30-22(35)12-11-19(31-28(41)25(18-9-5-2-6-10-18)34-23(36)13-14-24(37)38)26(39)32-20(15-17-7-3-1-4-8-17)27(40)33-21(16-44)29(42)43/h17-21,25,44H,1-16H2,(H2,30,35)(H,31,41)(H,32,39)(H,33,40)(H,34,36)(H,37,38)(H,42,43)/t19-,20-,21-,25-/m0/s1. The summed E-state index contributed by atoms with van der Waals surface area (Å²) in [7, 11) is 0. The van der Waals surface area contributed by atoms with E-state index in [0.717, 1.165) is 51.4 Å². The van der Waals surface area contributed by atoms with Crippen molar-refractivity contribution >= 4 is 54.1 Å². The Bertz CT molecular complexity index is 1030. The van der Waals surface area contributed by atoms with Crippen LogP contribution in [0.4, 0.5) is 0 Å². The summed E-state index contributed by atoms with van der Waals surface area (Å²) >= 11 is 3.99. The van der Waals surface area contributed by atoms with Gasteiger partial charge in [-0.15, -0.1) is 0 Å². The van der Waals surface area contributed by atoms with Crippen LogP contribution in [-0.2, 0) is 33.6 Å². The zero-order chi connectivity index (χ0) is 32.6. The van der Waals surface area contributed by atoms with Crippen LogP contribution in [0.2, 0.25) is 0 Å². The van der Waals surface area contributed by atoms with Crippen LogP contribution in [0.1, 0.15) is 96.3 Å². The van der Waals surface area contributed by atoms with Crippen LogP contribution in [0.3, 0.4) is 0 Å². The SMILES string of the molecule is NC(=O)CC[C@H](NC(=O)[C@@H](NC(=O)CCC(=O)O)C1CCCCC1)C(=O)N[C@@H](CC1CCCCC1)C(=O)N[C@@H](CS)C(=O)O. The van der Waals surface area contributed by atoms with Crippen LogP contribution < -0.4 is 27.0 Å². The third kappa shape index (κ3) is 13.1. The predicted octanol–water partition coefficient (Wildman–Crippen LogP) is 0.621. The number of nitrogens with one attached hydrogen (secondary N) is 4. The van der Waals surface area contributed by atoms with Gasteiger partial charge in [0.15, 0.2) is 0 Å². The molecule has 2 aliphatic rings. The molecule has 2 fully saturated rings. The first-order valence-corrected chi connectivity index (χ1v) is 16.1. The molecule has 4 atom stereocenters. The number of primary amides is 1. The number of hydrogen-bond donors (Lipinski definition) is 8.